The molecule has 1 aromatic carbocycles. The largest absolute Gasteiger partial charge is 0.395 e. The first kappa shape index (κ1) is 10.7. The Hall–Kier alpha value is -0.860. The van der Waals surface area contributed by atoms with E-state index in [-0.39, 0.29) is 12.6 Å². The molecule has 3 atom stereocenters. The molecule has 2 rings (SSSR count). The Labute approximate surface area is 91.3 Å². The van der Waals surface area contributed by atoms with Crippen molar-refractivity contribution in [2.24, 2.45) is 5.92 Å². The average Bonchev–Trinajstić information content (AvgIpc) is 2.55. The third kappa shape index (κ3) is 2.06. The van der Waals surface area contributed by atoms with E-state index < -0.39 is 0 Å². The standard InChI is InChI=1S/C13H19NO/c1-9-7-11-5-3-4-6-12(11)13(9)14-10(2)8-15/h3-6,9-10,13-15H,7-8H2,1-2H3. The van der Waals surface area contributed by atoms with Gasteiger partial charge >= 0.3 is 0 Å². The summed E-state index contributed by atoms with van der Waals surface area (Å²) in [5.41, 5.74) is 2.86. The van der Waals surface area contributed by atoms with E-state index in [0.29, 0.717) is 12.0 Å². The SMILES string of the molecule is CC(CO)NC1c2ccccc2CC1C. The van der Waals surface area contributed by atoms with Gasteiger partial charge < -0.3 is 10.4 Å². The van der Waals surface area contributed by atoms with Crippen LogP contribution in [0.3, 0.4) is 0 Å². The van der Waals surface area contributed by atoms with E-state index in [1.807, 2.05) is 6.92 Å². The third-order valence-electron chi connectivity index (χ3n) is 3.24. The molecule has 0 aromatic heterocycles. The van der Waals surface area contributed by atoms with Crippen LogP contribution in [0.25, 0.3) is 0 Å². The van der Waals surface area contributed by atoms with E-state index in [1.165, 1.54) is 11.1 Å². The van der Waals surface area contributed by atoms with Crippen molar-refractivity contribution in [2.45, 2.75) is 32.4 Å². The first-order valence-electron chi connectivity index (χ1n) is 5.67. The number of nitrogens with one attached hydrogen (secondary N) is 1. The zero-order valence-corrected chi connectivity index (χ0v) is 9.40. The molecule has 0 fully saturated rings. The minimum atomic E-state index is 0.170. The lowest BCUT2D eigenvalue weighted by Gasteiger charge is -2.22. The molecule has 0 amide bonds. The predicted molar refractivity (Wildman–Crippen MR) is 61.7 cm³/mol. The second-order valence-electron chi connectivity index (χ2n) is 4.61. The fourth-order valence-corrected chi connectivity index (χ4v) is 2.41. The van der Waals surface area contributed by atoms with Crippen LogP contribution >= 0.6 is 0 Å². The van der Waals surface area contributed by atoms with Gasteiger partial charge in [0, 0.05) is 12.1 Å². The fourth-order valence-electron chi connectivity index (χ4n) is 2.41. The van der Waals surface area contributed by atoms with Gasteiger partial charge in [0.25, 0.3) is 0 Å². The van der Waals surface area contributed by atoms with Crippen LogP contribution in [0.2, 0.25) is 0 Å². The van der Waals surface area contributed by atoms with Crippen LogP contribution in [0.1, 0.15) is 31.0 Å². The maximum Gasteiger partial charge on any atom is 0.0582 e. The summed E-state index contributed by atoms with van der Waals surface area (Å²) in [7, 11) is 0. The summed E-state index contributed by atoms with van der Waals surface area (Å²) in [4.78, 5) is 0. The van der Waals surface area contributed by atoms with Crippen LogP contribution in [-0.2, 0) is 6.42 Å². The van der Waals surface area contributed by atoms with Crippen molar-refractivity contribution in [1.29, 1.82) is 0 Å². The van der Waals surface area contributed by atoms with Gasteiger partial charge in [0.2, 0.25) is 0 Å². The van der Waals surface area contributed by atoms with Crippen LogP contribution in [0.15, 0.2) is 24.3 Å². The Morgan fingerprint density at radius 1 is 1.47 bits per heavy atom. The zero-order valence-electron chi connectivity index (χ0n) is 9.40. The molecule has 15 heavy (non-hydrogen) atoms. The van der Waals surface area contributed by atoms with E-state index >= 15 is 0 Å². The number of benzene rings is 1. The molecule has 0 saturated carbocycles. The number of fused-ring (bicyclic) bond motifs is 1. The smallest absolute Gasteiger partial charge is 0.0582 e. The van der Waals surface area contributed by atoms with Gasteiger partial charge in [-0.1, -0.05) is 31.2 Å². The van der Waals surface area contributed by atoms with Crippen molar-refractivity contribution in [2.75, 3.05) is 6.61 Å². The molecule has 0 radical (unpaired) electrons. The summed E-state index contributed by atoms with van der Waals surface area (Å²) < 4.78 is 0. The first-order chi connectivity index (χ1) is 7.22. The van der Waals surface area contributed by atoms with Gasteiger partial charge in [-0.15, -0.1) is 0 Å². The van der Waals surface area contributed by atoms with Crippen molar-refractivity contribution in [3.05, 3.63) is 35.4 Å². The summed E-state index contributed by atoms with van der Waals surface area (Å²) in [5.74, 6) is 0.622. The fraction of sp³-hybridized carbons (Fsp3) is 0.538. The van der Waals surface area contributed by atoms with Crippen LogP contribution in [0, 0.1) is 5.92 Å². The lowest BCUT2D eigenvalue weighted by Crippen LogP contribution is -2.34. The molecular formula is C13H19NO. The molecule has 0 spiro atoms. The normalized spacial score (nSPS) is 26.3. The molecule has 0 heterocycles. The highest BCUT2D eigenvalue weighted by atomic mass is 16.3. The second kappa shape index (κ2) is 4.33. The van der Waals surface area contributed by atoms with Gasteiger partial charge in [0.05, 0.1) is 6.61 Å². The number of hydrogen-bond donors (Lipinski definition) is 2. The Balaban J connectivity index is 2.18. The van der Waals surface area contributed by atoms with E-state index in [0.717, 1.165) is 6.42 Å². The monoisotopic (exact) mass is 205 g/mol. The molecule has 3 unspecified atom stereocenters. The van der Waals surface area contributed by atoms with Crippen molar-refractivity contribution in [3.8, 4) is 0 Å². The Kier molecular flexibility index (Phi) is 3.08. The Bertz CT molecular complexity index is 337. The number of aliphatic hydroxyl groups is 1. The maximum atomic E-state index is 9.07. The maximum absolute atomic E-state index is 9.07. The summed E-state index contributed by atoms with van der Waals surface area (Å²) in [6.45, 7) is 4.49. The highest BCUT2D eigenvalue weighted by Gasteiger charge is 2.29. The van der Waals surface area contributed by atoms with Gasteiger partial charge in [-0.3, -0.25) is 0 Å². The van der Waals surface area contributed by atoms with Crippen LogP contribution in [-0.4, -0.2) is 17.8 Å². The molecule has 1 aliphatic rings. The van der Waals surface area contributed by atoms with Crippen molar-refractivity contribution < 1.29 is 5.11 Å². The highest BCUT2D eigenvalue weighted by Crippen LogP contribution is 2.35. The molecule has 0 saturated heterocycles. The summed E-state index contributed by atoms with van der Waals surface area (Å²) in [6.07, 6.45) is 1.14. The zero-order chi connectivity index (χ0) is 10.8. The number of hydrogen-bond acceptors (Lipinski definition) is 2. The lowest BCUT2D eigenvalue weighted by molar-refractivity contribution is 0.231. The van der Waals surface area contributed by atoms with Crippen molar-refractivity contribution in [1.82, 2.24) is 5.32 Å². The predicted octanol–water partition coefficient (Wildman–Crippen LogP) is 1.89. The van der Waals surface area contributed by atoms with Gasteiger partial charge in [-0.05, 0) is 30.4 Å². The van der Waals surface area contributed by atoms with Crippen LogP contribution in [0.4, 0.5) is 0 Å². The van der Waals surface area contributed by atoms with Crippen LogP contribution in [0.5, 0.6) is 0 Å². The molecule has 2 nitrogen and oxygen atoms in total. The lowest BCUT2D eigenvalue weighted by atomic mass is 10.0. The summed E-state index contributed by atoms with van der Waals surface area (Å²) in [5, 5.41) is 12.6. The quantitative estimate of drug-likeness (QED) is 0.790. The molecule has 82 valence electrons. The summed E-state index contributed by atoms with van der Waals surface area (Å²) >= 11 is 0. The van der Waals surface area contributed by atoms with Crippen molar-refractivity contribution in [3.63, 3.8) is 0 Å². The van der Waals surface area contributed by atoms with Gasteiger partial charge in [-0.25, -0.2) is 0 Å². The first-order valence-corrected chi connectivity index (χ1v) is 5.67. The van der Waals surface area contributed by atoms with E-state index in [1.54, 1.807) is 0 Å². The third-order valence-corrected chi connectivity index (χ3v) is 3.24. The highest BCUT2D eigenvalue weighted by molar-refractivity contribution is 5.35. The van der Waals surface area contributed by atoms with Gasteiger partial charge in [0.1, 0.15) is 0 Å². The number of aliphatic hydroxyl groups excluding tert-OH is 1. The van der Waals surface area contributed by atoms with Gasteiger partial charge in [-0.2, -0.15) is 0 Å². The van der Waals surface area contributed by atoms with Crippen LogP contribution < -0.4 is 5.32 Å². The minimum Gasteiger partial charge on any atom is -0.395 e. The molecule has 1 aromatic rings. The minimum absolute atomic E-state index is 0.170. The van der Waals surface area contributed by atoms with Gasteiger partial charge in [0.15, 0.2) is 0 Å². The van der Waals surface area contributed by atoms with E-state index in [9.17, 15) is 0 Å². The number of rotatable bonds is 3. The Morgan fingerprint density at radius 3 is 2.93 bits per heavy atom. The van der Waals surface area contributed by atoms with E-state index in [4.69, 9.17) is 5.11 Å². The molecule has 2 N–H and O–H groups in total. The Morgan fingerprint density at radius 2 is 2.20 bits per heavy atom. The molecule has 0 aliphatic heterocycles. The average molecular weight is 205 g/mol. The summed E-state index contributed by atoms with van der Waals surface area (Å²) in [6, 6.07) is 9.17. The van der Waals surface area contributed by atoms with Crippen molar-refractivity contribution >= 4 is 0 Å². The molecule has 2 heteroatoms. The molecular weight excluding hydrogens is 186 g/mol. The molecule has 1 aliphatic carbocycles. The topological polar surface area (TPSA) is 32.3 Å². The second-order valence-corrected chi connectivity index (χ2v) is 4.61. The van der Waals surface area contributed by atoms with E-state index in [2.05, 4.69) is 36.5 Å². The molecule has 0 bridgehead atoms.